The average molecular weight is 273 g/mol. The van der Waals surface area contributed by atoms with Gasteiger partial charge in [0.2, 0.25) is 0 Å². The zero-order valence-electron chi connectivity index (χ0n) is 10.7. The Morgan fingerprint density at radius 3 is 2.26 bits per heavy atom. The van der Waals surface area contributed by atoms with Crippen molar-refractivity contribution in [3.05, 3.63) is 34.9 Å². The van der Waals surface area contributed by atoms with E-state index in [0.29, 0.717) is 0 Å². The highest BCUT2D eigenvalue weighted by atomic mass is 19.4. The quantitative estimate of drug-likeness (QED) is 0.789. The Balaban J connectivity index is 2.52. The fourth-order valence-electron chi connectivity index (χ4n) is 2.20. The van der Waals surface area contributed by atoms with Crippen LogP contribution in [0.4, 0.5) is 13.2 Å². The van der Waals surface area contributed by atoms with E-state index >= 15 is 0 Å². The van der Waals surface area contributed by atoms with Gasteiger partial charge in [0.05, 0.1) is 5.56 Å². The van der Waals surface area contributed by atoms with E-state index in [-0.39, 0.29) is 11.1 Å². The summed E-state index contributed by atoms with van der Waals surface area (Å²) < 4.78 is 37.9. The maximum atomic E-state index is 12.6. The van der Waals surface area contributed by atoms with Gasteiger partial charge in [-0.3, -0.25) is 4.79 Å². The Kier molecular flexibility index (Phi) is 2.89. The summed E-state index contributed by atoms with van der Waals surface area (Å²) in [6.45, 7) is 5.14. The summed E-state index contributed by atoms with van der Waals surface area (Å²) in [6, 6.07) is 2.81. The SMILES string of the molecule is CC(C)(C)N1C(=O)c2ccc(C(F)(F)F)cc2C1O. The van der Waals surface area contributed by atoms with Crippen LogP contribution in [0.2, 0.25) is 0 Å². The van der Waals surface area contributed by atoms with Crippen molar-refractivity contribution in [3.8, 4) is 0 Å². The van der Waals surface area contributed by atoms with Gasteiger partial charge < -0.3 is 10.0 Å². The summed E-state index contributed by atoms with van der Waals surface area (Å²) in [5.74, 6) is -0.455. The first-order valence-electron chi connectivity index (χ1n) is 5.76. The van der Waals surface area contributed by atoms with Crippen molar-refractivity contribution in [1.29, 1.82) is 0 Å². The minimum atomic E-state index is -4.49. The van der Waals surface area contributed by atoms with Crippen LogP contribution in [0.1, 0.15) is 48.5 Å². The van der Waals surface area contributed by atoms with Crippen molar-refractivity contribution in [2.75, 3.05) is 0 Å². The molecule has 2 rings (SSSR count). The van der Waals surface area contributed by atoms with Crippen molar-refractivity contribution in [3.63, 3.8) is 0 Å². The minimum Gasteiger partial charge on any atom is -0.369 e. The Morgan fingerprint density at radius 2 is 1.79 bits per heavy atom. The summed E-state index contributed by atoms with van der Waals surface area (Å²) in [5, 5.41) is 10.1. The first-order chi connectivity index (χ1) is 8.53. The number of aliphatic hydroxyl groups excluding tert-OH is 1. The van der Waals surface area contributed by atoms with E-state index in [1.165, 1.54) is 4.90 Å². The lowest BCUT2D eigenvalue weighted by molar-refractivity contribution is -0.137. The molecule has 1 aliphatic heterocycles. The molecule has 1 amide bonds. The normalized spacial score (nSPS) is 19.8. The van der Waals surface area contributed by atoms with Gasteiger partial charge in [-0.25, -0.2) is 0 Å². The van der Waals surface area contributed by atoms with Gasteiger partial charge in [-0.1, -0.05) is 0 Å². The maximum absolute atomic E-state index is 12.6. The Labute approximate surface area is 108 Å². The molecule has 0 bridgehead atoms. The third kappa shape index (κ3) is 2.20. The van der Waals surface area contributed by atoms with E-state index in [1.807, 2.05) is 0 Å². The molecule has 19 heavy (non-hydrogen) atoms. The van der Waals surface area contributed by atoms with E-state index in [0.717, 1.165) is 18.2 Å². The highest BCUT2D eigenvalue weighted by molar-refractivity contribution is 5.99. The number of carbonyl (C=O) groups excluding carboxylic acids is 1. The molecule has 0 aliphatic carbocycles. The largest absolute Gasteiger partial charge is 0.416 e. The molecule has 0 aromatic heterocycles. The number of fused-ring (bicyclic) bond motifs is 1. The van der Waals surface area contributed by atoms with Gasteiger partial charge >= 0.3 is 6.18 Å². The summed E-state index contributed by atoms with van der Waals surface area (Å²) in [4.78, 5) is 13.3. The first kappa shape index (κ1) is 13.9. The van der Waals surface area contributed by atoms with Gasteiger partial charge in [-0.05, 0) is 39.0 Å². The molecular weight excluding hydrogens is 259 g/mol. The standard InChI is InChI=1S/C13H14F3NO2/c1-12(2,3)17-10(18)8-5-4-7(13(14,15)16)6-9(8)11(17)19/h4-6,11,19H,1-3H3. The summed E-state index contributed by atoms with van der Waals surface area (Å²) in [7, 11) is 0. The molecule has 1 aromatic carbocycles. The number of hydrogen-bond donors (Lipinski definition) is 1. The smallest absolute Gasteiger partial charge is 0.369 e. The molecule has 1 heterocycles. The number of aliphatic hydroxyl groups is 1. The molecule has 3 nitrogen and oxygen atoms in total. The summed E-state index contributed by atoms with van der Waals surface area (Å²) in [5.41, 5.74) is -1.41. The zero-order valence-corrected chi connectivity index (χ0v) is 10.7. The third-order valence-corrected chi connectivity index (χ3v) is 3.07. The fourth-order valence-corrected chi connectivity index (χ4v) is 2.20. The van der Waals surface area contributed by atoms with Crippen LogP contribution < -0.4 is 0 Å². The molecule has 1 N–H and O–H groups in total. The van der Waals surface area contributed by atoms with Crippen LogP contribution in [0, 0.1) is 0 Å². The Morgan fingerprint density at radius 1 is 1.21 bits per heavy atom. The van der Waals surface area contributed by atoms with E-state index in [2.05, 4.69) is 0 Å². The monoisotopic (exact) mass is 273 g/mol. The third-order valence-electron chi connectivity index (χ3n) is 3.07. The van der Waals surface area contributed by atoms with Crippen molar-refractivity contribution in [2.45, 2.75) is 38.7 Å². The molecule has 104 valence electrons. The van der Waals surface area contributed by atoms with Crippen molar-refractivity contribution in [1.82, 2.24) is 4.90 Å². The molecule has 0 radical (unpaired) electrons. The first-order valence-corrected chi connectivity index (χ1v) is 5.76. The van der Waals surface area contributed by atoms with Gasteiger partial charge in [-0.15, -0.1) is 0 Å². The van der Waals surface area contributed by atoms with Crippen LogP contribution in [-0.2, 0) is 6.18 Å². The number of rotatable bonds is 0. The number of halogens is 3. The predicted molar refractivity (Wildman–Crippen MR) is 62.3 cm³/mol. The molecule has 1 aliphatic rings. The molecule has 0 fully saturated rings. The van der Waals surface area contributed by atoms with Gasteiger partial charge in [-0.2, -0.15) is 13.2 Å². The second-order valence-electron chi connectivity index (χ2n) is 5.52. The van der Waals surface area contributed by atoms with Crippen LogP contribution in [0.15, 0.2) is 18.2 Å². The van der Waals surface area contributed by atoms with Crippen LogP contribution in [0.3, 0.4) is 0 Å². The molecule has 1 unspecified atom stereocenters. The van der Waals surface area contributed by atoms with E-state index in [1.54, 1.807) is 20.8 Å². The van der Waals surface area contributed by atoms with Gasteiger partial charge in [0, 0.05) is 16.7 Å². The van der Waals surface area contributed by atoms with Crippen LogP contribution >= 0.6 is 0 Å². The number of amides is 1. The minimum absolute atomic E-state index is 0.00903. The van der Waals surface area contributed by atoms with Crippen LogP contribution in [0.25, 0.3) is 0 Å². The van der Waals surface area contributed by atoms with Gasteiger partial charge in [0.25, 0.3) is 5.91 Å². The van der Waals surface area contributed by atoms with Crippen molar-refractivity contribution < 1.29 is 23.1 Å². The van der Waals surface area contributed by atoms with E-state index < -0.39 is 29.4 Å². The molecule has 0 saturated carbocycles. The molecule has 6 heteroatoms. The molecule has 0 spiro atoms. The highest BCUT2D eigenvalue weighted by Crippen LogP contribution is 2.40. The lowest BCUT2D eigenvalue weighted by atomic mass is 10.0. The fraction of sp³-hybridized carbons (Fsp3) is 0.462. The zero-order chi connectivity index (χ0) is 14.6. The predicted octanol–water partition coefficient (Wildman–Crippen LogP) is 2.95. The summed E-state index contributed by atoms with van der Waals surface area (Å²) in [6.07, 6.45) is -5.84. The second kappa shape index (κ2) is 3.96. The molecule has 0 saturated heterocycles. The Bertz CT molecular complexity index is 532. The van der Waals surface area contributed by atoms with Crippen molar-refractivity contribution >= 4 is 5.91 Å². The van der Waals surface area contributed by atoms with E-state index in [4.69, 9.17) is 0 Å². The lowest BCUT2D eigenvalue weighted by Crippen LogP contribution is -2.43. The van der Waals surface area contributed by atoms with Crippen molar-refractivity contribution in [2.24, 2.45) is 0 Å². The highest BCUT2D eigenvalue weighted by Gasteiger charge is 2.43. The topological polar surface area (TPSA) is 40.5 Å². The van der Waals surface area contributed by atoms with Crippen LogP contribution in [-0.4, -0.2) is 21.5 Å². The number of hydrogen-bond acceptors (Lipinski definition) is 2. The average Bonchev–Trinajstić information content (AvgIpc) is 2.49. The molecule has 1 atom stereocenters. The van der Waals surface area contributed by atoms with Crippen LogP contribution in [0.5, 0.6) is 0 Å². The van der Waals surface area contributed by atoms with Gasteiger partial charge in [0.15, 0.2) is 6.23 Å². The molecule has 1 aromatic rings. The lowest BCUT2D eigenvalue weighted by Gasteiger charge is -2.34. The summed E-state index contributed by atoms with van der Waals surface area (Å²) >= 11 is 0. The molecular formula is C13H14F3NO2. The maximum Gasteiger partial charge on any atom is 0.416 e. The number of carbonyl (C=O) groups is 1. The number of nitrogens with zero attached hydrogens (tertiary/aromatic N) is 1. The number of alkyl halides is 3. The Hall–Kier alpha value is -1.56. The second-order valence-corrected chi connectivity index (χ2v) is 5.52. The number of benzene rings is 1. The van der Waals surface area contributed by atoms with E-state index in [9.17, 15) is 23.1 Å². The van der Waals surface area contributed by atoms with Gasteiger partial charge in [0.1, 0.15) is 0 Å².